The number of rotatable bonds is 4. The molecule has 0 unspecified atom stereocenters. The number of para-hydroxylation sites is 1. The van der Waals surface area contributed by atoms with Crippen molar-refractivity contribution in [2.24, 2.45) is 5.84 Å². The summed E-state index contributed by atoms with van der Waals surface area (Å²) in [6.45, 7) is -0.0940. The first-order valence-electron chi connectivity index (χ1n) is 4.99. The van der Waals surface area contributed by atoms with Gasteiger partial charge in [0.05, 0.1) is 6.61 Å². The zero-order valence-corrected chi connectivity index (χ0v) is 9.00. The lowest BCUT2D eigenvalue weighted by molar-refractivity contribution is 0.276. The third-order valence-electron chi connectivity index (χ3n) is 2.15. The summed E-state index contributed by atoms with van der Waals surface area (Å²) in [5, 5.41) is 9.15. The monoisotopic (exact) mass is 232 g/mol. The standard InChI is InChI=1S/C11H12N4O2/c12-15-10-5-11(14-7-13-10)17-9-4-2-1-3-8(9)6-16/h1-5,7,16H,6,12H2,(H,13,14,15). The molecule has 0 radical (unpaired) electrons. The van der Waals surface area contributed by atoms with Gasteiger partial charge in [-0.15, -0.1) is 0 Å². The molecule has 88 valence electrons. The number of aliphatic hydroxyl groups excluding tert-OH is 1. The van der Waals surface area contributed by atoms with Crippen molar-refractivity contribution in [1.82, 2.24) is 9.97 Å². The Labute approximate surface area is 98.1 Å². The third kappa shape index (κ3) is 2.68. The van der Waals surface area contributed by atoms with Crippen LogP contribution in [-0.4, -0.2) is 15.1 Å². The van der Waals surface area contributed by atoms with E-state index >= 15 is 0 Å². The zero-order valence-electron chi connectivity index (χ0n) is 9.00. The number of hydrogen-bond donors (Lipinski definition) is 3. The van der Waals surface area contributed by atoms with Crippen molar-refractivity contribution < 1.29 is 9.84 Å². The van der Waals surface area contributed by atoms with Crippen molar-refractivity contribution in [1.29, 1.82) is 0 Å². The number of nitrogen functional groups attached to an aromatic ring is 1. The number of ether oxygens (including phenoxy) is 1. The van der Waals surface area contributed by atoms with E-state index in [4.69, 9.17) is 15.7 Å². The average Bonchev–Trinajstić information content (AvgIpc) is 2.39. The van der Waals surface area contributed by atoms with E-state index in [1.165, 1.54) is 6.33 Å². The number of aromatic nitrogens is 2. The molecule has 0 aliphatic rings. The second-order valence-corrected chi connectivity index (χ2v) is 3.25. The summed E-state index contributed by atoms with van der Waals surface area (Å²) in [5.41, 5.74) is 3.09. The number of aliphatic hydroxyl groups is 1. The van der Waals surface area contributed by atoms with Crippen molar-refractivity contribution in [3.63, 3.8) is 0 Å². The van der Waals surface area contributed by atoms with Gasteiger partial charge in [0, 0.05) is 11.6 Å². The Morgan fingerprint density at radius 2 is 2.12 bits per heavy atom. The summed E-state index contributed by atoms with van der Waals surface area (Å²) in [6, 6.07) is 8.74. The fourth-order valence-electron chi connectivity index (χ4n) is 1.32. The quantitative estimate of drug-likeness (QED) is 0.539. The fraction of sp³-hybridized carbons (Fsp3) is 0.0909. The number of anilines is 1. The molecule has 0 saturated carbocycles. The van der Waals surface area contributed by atoms with Gasteiger partial charge in [-0.3, -0.25) is 0 Å². The highest BCUT2D eigenvalue weighted by Crippen LogP contribution is 2.24. The van der Waals surface area contributed by atoms with Crippen LogP contribution in [0.4, 0.5) is 5.82 Å². The van der Waals surface area contributed by atoms with E-state index in [1.807, 2.05) is 12.1 Å². The van der Waals surface area contributed by atoms with Gasteiger partial charge in [0.2, 0.25) is 5.88 Å². The molecule has 0 aliphatic carbocycles. The second kappa shape index (κ2) is 5.24. The predicted octanol–water partition coefficient (Wildman–Crippen LogP) is 1.05. The van der Waals surface area contributed by atoms with Crippen molar-refractivity contribution in [3.05, 3.63) is 42.2 Å². The molecular weight excluding hydrogens is 220 g/mol. The van der Waals surface area contributed by atoms with Gasteiger partial charge in [0.15, 0.2) is 0 Å². The number of nitrogens with zero attached hydrogens (tertiary/aromatic N) is 2. The van der Waals surface area contributed by atoms with Crippen LogP contribution in [-0.2, 0) is 6.61 Å². The molecule has 17 heavy (non-hydrogen) atoms. The molecule has 0 aliphatic heterocycles. The molecule has 0 bridgehead atoms. The first-order chi connectivity index (χ1) is 8.33. The van der Waals surface area contributed by atoms with E-state index in [1.54, 1.807) is 18.2 Å². The number of nitrogens with one attached hydrogen (secondary N) is 1. The minimum Gasteiger partial charge on any atom is -0.438 e. The first kappa shape index (κ1) is 11.3. The van der Waals surface area contributed by atoms with Gasteiger partial charge < -0.3 is 15.3 Å². The van der Waals surface area contributed by atoms with E-state index in [2.05, 4.69) is 15.4 Å². The van der Waals surface area contributed by atoms with E-state index < -0.39 is 0 Å². The molecule has 4 N–H and O–H groups in total. The fourth-order valence-corrected chi connectivity index (χ4v) is 1.32. The SMILES string of the molecule is NNc1cc(Oc2ccccc2CO)ncn1. The lowest BCUT2D eigenvalue weighted by atomic mass is 10.2. The van der Waals surface area contributed by atoms with E-state index in [0.29, 0.717) is 23.0 Å². The zero-order chi connectivity index (χ0) is 12.1. The van der Waals surface area contributed by atoms with E-state index in [9.17, 15) is 0 Å². The lowest BCUT2D eigenvalue weighted by Crippen LogP contribution is -2.08. The summed E-state index contributed by atoms with van der Waals surface area (Å²) in [5.74, 6) is 6.60. The highest BCUT2D eigenvalue weighted by atomic mass is 16.5. The van der Waals surface area contributed by atoms with Crippen molar-refractivity contribution in [2.45, 2.75) is 6.61 Å². The van der Waals surface area contributed by atoms with Crippen LogP contribution >= 0.6 is 0 Å². The van der Waals surface area contributed by atoms with Crippen LogP contribution in [0.3, 0.4) is 0 Å². The van der Waals surface area contributed by atoms with Crippen LogP contribution in [0, 0.1) is 0 Å². The Hall–Kier alpha value is -2.18. The highest BCUT2D eigenvalue weighted by Gasteiger charge is 2.04. The summed E-state index contributed by atoms with van der Waals surface area (Å²) >= 11 is 0. The van der Waals surface area contributed by atoms with Crippen LogP contribution in [0.25, 0.3) is 0 Å². The maximum absolute atomic E-state index is 9.15. The minimum atomic E-state index is -0.0940. The van der Waals surface area contributed by atoms with Crippen LogP contribution in [0.15, 0.2) is 36.7 Å². The van der Waals surface area contributed by atoms with Gasteiger partial charge in [-0.25, -0.2) is 15.8 Å². The Morgan fingerprint density at radius 3 is 2.88 bits per heavy atom. The molecule has 1 aromatic carbocycles. The molecule has 6 heteroatoms. The molecule has 2 rings (SSSR count). The third-order valence-corrected chi connectivity index (χ3v) is 2.15. The Bertz CT molecular complexity index is 504. The van der Waals surface area contributed by atoms with Gasteiger partial charge >= 0.3 is 0 Å². The van der Waals surface area contributed by atoms with Gasteiger partial charge in [0.25, 0.3) is 0 Å². The smallest absolute Gasteiger partial charge is 0.224 e. The van der Waals surface area contributed by atoms with Crippen LogP contribution in [0.5, 0.6) is 11.6 Å². The van der Waals surface area contributed by atoms with Crippen LogP contribution in [0.2, 0.25) is 0 Å². The predicted molar refractivity (Wildman–Crippen MR) is 62.3 cm³/mol. The Morgan fingerprint density at radius 1 is 1.29 bits per heavy atom. The van der Waals surface area contributed by atoms with Crippen molar-refractivity contribution in [3.8, 4) is 11.6 Å². The van der Waals surface area contributed by atoms with Crippen molar-refractivity contribution >= 4 is 5.82 Å². The van der Waals surface area contributed by atoms with Gasteiger partial charge in [-0.1, -0.05) is 18.2 Å². The van der Waals surface area contributed by atoms with E-state index in [-0.39, 0.29) is 6.61 Å². The molecular formula is C11H12N4O2. The topological polar surface area (TPSA) is 93.3 Å². The van der Waals surface area contributed by atoms with E-state index in [0.717, 1.165) is 0 Å². The van der Waals surface area contributed by atoms with Gasteiger partial charge in [-0.2, -0.15) is 0 Å². The molecule has 1 aromatic heterocycles. The van der Waals surface area contributed by atoms with Crippen LogP contribution < -0.4 is 16.0 Å². The Kier molecular flexibility index (Phi) is 3.49. The summed E-state index contributed by atoms with van der Waals surface area (Å²) < 4.78 is 5.54. The minimum absolute atomic E-state index is 0.0940. The average molecular weight is 232 g/mol. The number of hydrazine groups is 1. The number of hydrogen-bond acceptors (Lipinski definition) is 6. The van der Waals surface area contributed by atoms with Crippen LogP contribution in [0.1, 0.15) is 5.56 Å². The first-order valence-corrected chi connectivity index (χ1v) is 4.99. The maximum Gasteiger partial charge on any atom is 0.224 e. The largest absolute Gasteiger partial charge is 0.438 e. The maximum atomic E-state index is 9.15. The molecule has 2 aromatic rings. The highest BCUT2D eigenvalue weighted by molar-refractivity contribution is 5.39. The molecule has 0 amide bonds. The summed E-state index contributed by atoms with van der Waals surface area (Å²) in [7, 11) is 0. The number of nitrogens with two attached hydrogens (primary N) is 1. The van der Waals surface area contributed by atoms with Gasteiger partial charge in [0.1, 0.15) is 17.9 Å². The van der Waals surface area contributed by atoms with Gasteiger partial charge in [-0.05, 0) is 6.07 Å². The molecule has 0 atom stereocenters. The molecule has 0 fully saturated rings. The lowest BCUT2D eigenvalue weighted by Gasteiger charge is -2.08. The normalized spacial score (nSPS) is 10.0. The molecule has 0 saturated heterocycles. The molecule has 1 heterocycles. The van der Waals surface area contributed by atoms with Crippen molar-refractivity contribution in [2.75, 3.05) is 5.43 Å². The second-order valence-electron chi connectivity index (χ2n) is 3.25. The molecule has 0 spiro atoms. The summed E-state index contributed by atoms with van der Waals surface area (Å²) in [6.07, 6.45) is 1.34. The molecule has 6 nitrogen and oxygen atoms in total. The summed E-state index contributed by atoms with van der Waals surface area (Å²) in [4.78, 5) is 7.81. The number of benzene rings is 1. The Balaban J connectivity index is 2.24.